The third kappa shape index (κ3) is 3.25. The van der Waals surface area contributed by atoms with Gasteiger partial charge in [0.25, 0.3) is 0 Å². The van der Waals surface area contributed by atoms with E-state index >= 15 is 0 Å². The number of sulfonamides is 1. The van der Waals surface area contributed by atoms with Crippen LogP contribution in [-0.4, -0.2) is 25.1 Å². The SMILES string of the molecule is Cc1noc(CCNc2cccc(S(N)(=O)=O)c2N)n1. The summed E-state index contributed by atoms with van der Waals surface area (Å²) in [4.78, 5) is 3.96. The van der Waals surface area contributed by atoms with Crippen molar-refractivity contribution in [2.24, 2.45) is 5.14 Å². The number of nitrogens with one attached hydrogen (secondary N) is 1. The number of nitrogens with two attached hydrogens (primary N) is 2. The van der Waals surface area contributed by atoms with Crippen LogP contribution in [0.4, 0.5) is 11.4 Å². The van der Waals surface area contributed by atoms with Gasteiger partial charge in [-0.1, -0.05) is 11.2 Å². The summed E-state index contributed by atoms with van der Waals surface area (Å²) in [6, 6.07) is 4.59. The summed E-state index contributed by atoms with van der Waals surface area (Å²) in [7, 11) is -3.84. The molecule has 0 saturated heterocycles. The summed E-state index contributed by atoms with van der Waals surface area (Å²) >= 11 is 0. The van der Waals surface area contributed by atoms with Crippen molar-refractivity contribution >= 4 is 21.4 Å². The highest BCUT2D eigenvalue weighted by Gasteiger charge is 2.14. The van der Waals surface area contributed by atoms with Crippen molar-refractivity contribution in [1.29, 1.82) is 0 Å². The molecule has 20 heavy (non-hydrogen) atoms. The lowest BCUT2D eigenvalue weighted by molar-refractivity contribution is 0.377. The van der Waals surface area contributed by atoms with E-state index in [9.17, 15) is 8.42 Å². The number of aromatic nitrogens is 2. The van der Waals surface area contributed by atoms with Gasteiger partial charge >= 0.3 is 0 Å². The first-order chi connectivity index (χ1) is 9.38. The number of benzene rings is 1. The summed E-state index contributed by atoms with van der Waals surface area (Å²) in [6.07, 6.45) is 0.500. The molecule has 0 radical (unpaired) electrons. The van der Waals surface area contributed by atoms with Gasteiger partial charge in [0.1, 0.15) is 4.90 Å². The maximum absolute atomic E-state index is 11.3. The second kappa shape index (κ2) is 5.47. The Kier molecular flexibility index (Phi) is 3.91. The van der Waals surface area contributed by atoms with Crippen molar-refractivity contribution in [2.75, 3.05) is 17.6 Å². The van der Waals surface area contributed by atoms with Gasteiger partial charge in [0.05, 0.1) is 11.4 Å². The van der Waals surface area contributed by atoms with Gasteiger partial charge in [-0.25, -0.2) is 13.6 Å². The molecule has 0 bridgehead atoms. The van der Waals surface area contributed by atoms with Crippen molar-refractivity contribution in [1.82, 2.24) is 10.1 Å². The topological polar surface area (TPSA) is 137 Å². The normalized spacial score (nSPS) is 11.5. The summed E-state index contributed by atoms with van der Waals surface area (Å²) in [5.41, 5.74) is 6.37. The van der Waals surface area contributed by atoms with E-state index in [1.54, 1.807) is 19.1 Å². The van der Waals surface area contributed by atoms with Crippen LogP contribution >= 0.6 is 0 Å². The first-order valence-electron chi connectivity index (χ1n) is 5.82. The lowest BCUT2D eigenvalue weighted by atomic mass is 10.2. The van der Waals surface area contributed by atoms with Crippen LogP contribution in [0.5, 0.6) is 0 Å². The van der Waals surface area contributed by atoms with E-state index in [0.29, 0.717) is 30.4 Å². The highest BCUT2D eigenvalue weighted by Crippen LogP contribution is 2.25. The van der Waals surface area contributed by atoms with E-state index in [4.69, 9.17) is 15.4 Å². The van der Waals surface area contributed by atoms with Crippen molar-refractivity contribution in [3.8, 4) is 0 Å². The Balaban J connectivity index is 2.07. The molecule has 0 amide bonds. The van der Waals surface area contributed by atoms with Gasteiger partial charge < -0.3 is 15.6 Å². The molecule has 5 N–H and O–H groups in total. The van der Waals surface area contributed by atoms with Crippen molar-refractivity contribution in [3.63, 3.8) is 0 Å². The molecule has 108 valence electrons. The van der Waals surface area contributed by atoms with E-state index < -0.39 is 10.0 Å². The number of nitrogens with zero attached hydrogens (tertiary/aromatic N) is 2. The zero-order valence-corrected chi connectivity index (χ0v) is 11.6. The Morgan fingerprint density at radius 3 is 2.75 bits per heavy atom. The summed E-state index contributed by atoms with van der Waals surface area (Å²) in [5, 5.41) is 11.8. The smallest absolute Gasteiger partial charge is 0.240 e. The van der Waals surface area contributed by atoms with E-state index in [2.05, 4.69) is 15.5 Å². The summed E-state index contributed by atoms with van der Waals surface area (Å²) in [5.74, 6) is 1.06. The maximum Gasteiger partial charge on any atom is 0.240 e. The Bertz CT molecular complexity index is 711. The molecule has 9 heteroatoms. The molecule has 2 aromatic rings. The Labute approximate surface area is 116 Å². The zero-order valence-electron chi connectivity index (χ0n) is 10.8. The minimum atomic E-state index is -3.84. The lowest BCUT2D eigenvalue weighted by Crippen LogP contribution is -2.16. The standard InChI is InChI=1S/C11H15N5O3S/c1-7-15-10(19-16-7)5-6-14-8-3-2-4-9(11(8)12)20(13,17)18/h2-4,14H,5-6,12H2,1H3,(H2,13,17,18). The van der Waals surface area contributed by atoms with Crippen molar-refractivity contribution in [3.05, 3.63) is 29.9 Å². The number of nitrogen functional groups attached to an aromatic ring is 1. The minimum Gasteiger partial charge on any atom is -0.396 e. The Hall–Kier alpha value is -2.13. The van der Waals surface area contributed by atoms with Gasteiger partial charge in [0.15, 0.2) is 5.82 Å². The molecule has 0 aliphatic heterocycles. The first kappa shape index (κ1) is 14.3. The Morgan fingerprint density at radius 1 is 1.40 bits per heavy atom. The molecular weight excluding hydrogens is 282 g/mol. The van der Waals surface area contributed by atoms with Crippen LogP contribution in [0.25, 0.3) is 0 Å². The van der Waals surface area contributed by atoms with E-state index in [1.807, 2.05) is 0 Å². The third-order valence-corrected chi connectivity index (χ3v) is 3.57. The number of rotatable bonds is 5. The molecule has 8 nitrogen and oxygen atoms in total. The number of primary sulfonamides is 1. The van der Waals surface area contributed by atoms with Crippen molar-refractivity contribution in [2.45, 2.75) is 18.2 Å². The highest BCUT2D eigenvalue weighted by atomic mass is 32.2. The predicted octanol–water partition coefficient (Wildman–Crippen LogP) is 0.262. The molecule has 0 aliphatic carbocycles. The fourth-order valence-corrected chi connectivity index (χ4v) is 2.38. The minimum absolute atomic E-state index is 0.0942. The summed E-state index contributed by atoms with van der Waals surface area (Å²) < 4.78 is 27.6. The van der Waals surface area contributed by atoms with E-state index in [-0.39, 0.29) is 10.6 Å². The Morgan fingerprint density at radius 2 is 2.15 bits per heavy atom. The predicted molar refractivity (Wildman–Crippen MR) is 73.5 cm³/mol. The van der Waals surface area contributed by atoms with Gasteiger partial charge in [-0.2, -0.15) is 4.98 Å². The third-order valence-electron chi connectivity index (χ3n) is 2.60. The molecule has 1 aromatic carbocycles. The average Bonchev–Trinajstić information content (AvgIpc) is 2.76. The average molecular weight is 297 g/mol. The van der Waals surface area contributed by atoms with Gasteiger partial charge in [0, 0.05) is 13.0 Å². The second-order valence-corrected chi connectivity index (χ2v) is 5.70. The highest BCUT2D eigenvalue weighted by molar-refractivity contribution is 7.89. The number of hydrogen-bond acceptors (Lipinski definition) is 7. The van der Waals surface area contributed by atoms with Crippen LogP contribution < -0.4 is 16.2 Å². The molecule has 0 fully saturated rings. The van der Waals surface area contributed by atoms with Crippen molar-refractivity contribution < 1.29 is 12.9 Å². The zero-order chi connectivity index (χ0) is 14.8. The monoisotopic (exact) mass is 297 g/mol. The maximum atomic E-state index is 11.3. The lowest BCUT2D eigenvalue weighted by Gasteiger charge is -2.11. The molecule has 1 aromatic heterocycles. The molecule has 0 saturated carbocycles. The number of hydrogen-bond donors (Lipinski definition) is 3. The van der Waals surface area contributed by atoms with Gasteiger partial charge in [-0.3, -0.25) is 0 Å². The molecular formula is C11H15N5O3S. The van der Waals surface area contributed by atoms with E-state index in [0.717, 1.165) is 0 Å². The number of anilines is 2. The molecule has 0 unspecified atom stereocenters. The molecule has 0 aliphatic rings. The number of para-hydroxylation sites is 1. The van der Waals surface area contributed by atoms with Crippen LogP contribution in [0, 0.1) is 6.92 Å². The van der Waals surface area contributed by atoms with Crippen LogP contribution in [0.15, 0.2) is 27.6 Å². The van der Waals surface area contributed by atoms with Gasteiger partial charge in [-0.05, 0) is 19.1 Å². The van der Waals surface area contributed by atoms with Crippen LogP contribution in [-0.2, 0) is 16.4 Å². The van der Waals surface area contributed by atoms with Gasteiger partial charge in [0.2, 0.25) is 15.9 Å². The summed E-state index contributed by atoms with van der Waals surface area (Å²) in [6.45, 7) is 2.20. The van der Waals surface area contributed by atoms with Gasteiger partial charge in [-0.15, -0.1) is 0 Å². The van der Waals surface area contributed by atoms with Crippen LogP contribution in [0.1, 0.15) is 11.7 Å². The molecule has 1 heterocycles. The fourth-order valence-electron chi connectivity index (χ4n) is 1.69. The quantitative estimate of drug-likeness (QED) is 0.673. The molecule has 2 rings (SSSR count). The second-order valence-electron chi connectivity index (χ2n) is 4.17. The largest absolute Gasteiger partial charge is 0.396 e. The first-order valence-corrected chi connectivity index (χ1v) is 7.37. The van der Waals surface area contributed by atoms with Crippen LogP contribution in [0.3, 0.4) is 0 Å². The van der Waals surface area contributed by atoms with Crippen LogP contribution in [0.2, 0.25) is 0 Å². The molecule has 0 atom stereocenters. The molecule has 0 spiro atoms. The number of aryl methyl sites for hydroxylation is 1. The fraction of sp³-hybridized carbons (Fsp3) is 0.273. The van der Waals surface area contributed by atoms with E-state index in [1.165, 1.54) is 6.07 Å².